The van der Waals surface area contributed by atoms with Gasteiger partial charge in [-0.3, -0.25) is 0 Å². The van der Waals surface area contributed by atoms with Crippen LogP contribution in [-0.2, 0) is 12.0 Å². The van der Waals surface area contributed by atoms with Crippen molar-refractivity contribution < 1.29 is 4.39 Å². The van der Waals surface area contributed by atoms with Gasteiger partial charge in [-0.25, -0.2) is 19.0 Å². The zero-order valence-corrected chi connectivity index (χ0v) is 18.3. The number of guanidine groups is 1. The summed E-state index contributed by atoms with van der Waals surface area (Å²) in [6.07, 6.45) is 3.80. The minimum atomic E-state index is -0.134. The summed E-state index contributed by atoms with van der Waals surface area (Å²) in [7, 11) is 0. The van der Waals surface area contributed by atoms with E-state index in [1.54, 1.807) is 6.07 Å². The quantitative estimate of drug-likeness (QED) is 0.451. The van der Waals surface area contributed by atoms with Crippen LogP contribution in [0.4, 0.5) is 4.39 Å². The minimum Gasteiger partial charge on any atom is -0.357 e. The number of hydrogen-bond donors (Lipinski definition) is 2. The van der Waals surface area contributed by atoms with E-state index in [0.717, 1.165) is 53.7 Å². The van der Waals surface area contributed by atoms with Crippen molar-refractivity contribution in [2.24, 2.45) is 4.99 Å². The van der Waals surface area contributed by atoms with E-state index in [0.29, 0.717) is 13.1 Å². The van der Waals surface area contributed by atoms with Crippen LogP contribution in [-0.4, -0.2) is 33.8 Å². The molecule has 1 fully saturated rings. The number of benzene rings is 1. The molecule has 1 aliphatic carbocycles. The Morgan fingerprint density at radius 2 is 1.97 bits per heavy atom. The lowest BCUT2D eigenvalue weighted by Gasteiger charge is -2.19. The van der Waals surface area contributed by atoms with Gasteiger partial charge in [-0.15, -0.1) is 0 Å². The van der Waals surface area contributed by atoms with E-state index in [2.05, 4.69) is 20.7 Å². The van der Waals surface area contributed by atoms with Gasteiger partial charge in [-0.1, -0.05) is 24.3 Å². The molecule has 2 aromatic heterocycles. The maximum atomic E-state index is 14.3. The molecule has 0 unspecified atom stereocenters. The van der Waals surface area contributed by atoms with Crippen LogP contribution in [0.15, 0.2) is 53.7 Å². The molecule has 0 aliphatic heterocycles. The summed E-state index contributed by atoms with van der Waals surface area (Å²) < 4.78 is 16.1. The molecule has 7 heteroatoms. The Morgan fingerprint density at radius 1 is 1.16 bits per heavy atom. The molecular formula is C24H29FN6. The van der Waals surface area contributed by atoms with Crippen LogP contribution >= 0.6 is 0 Å². The van der Waals surface area contributed by atoms with Gasteiger partial charge in [0, 0.05) is 30.4 Å². The molecule has 4 rings (SSSR count). The Kier molecular flexibility index (Phi) is 6.02. The highest BCUT2D eigenvalue weighted by atomic mass is 19.1. The van der Waals surface area contributed by atoms with Crippen molar-refractivity contribution in [3.8, 4) is 5.82 Å². The number of aliphatic imine (C=N–C) groups is 1. The van der Waals surface area contributed by atoms with Crippen LogP contribution in [0.2, 0.25) is 0 Å². The summed E-state index contributed by atoms with van der Waals surface area (Å²) in [5, 5.41) is 11.2. The van der Waals surface area contributed by atoms with Crippen LogP contribution < -0.4 is 10.6 Å². The number of halogens is 1. The third-order valence-corrected chi connectivity index (χ3v) is 5.69. The number of nitrogens with zero attached hydrogens (tertiary/aromatic N) is 4. The highest BCUT2D eigenvalue weighted by Gasteiger charge is 2.45. The number of aromatic nitrogens is 3. The number of aryl methyl sites for hydroxylation is 2. The Bertz CT molecular complexity index is 1070. The van der Waals surface area contributed by atoms with E-state index in [9.17, 15) is 4.39 Å². The average molecular weight is 421 g/mol. The van der Waals surface area contributed by atoms with Crippen molar-refractivity contribution in [1.29, 1.82) is 0 Å². The van der Waals surface area contributed by atoms with E-state index in [-0.39, 0.29) is 11.2 Å². The maximum absolute atomic E-state index is 14.3. The van der Waals surface area contributed by atoms with Gasteiger partial charge in [0.25, 0.3) is 0 Å². The molecule has 1 aliphatic rings. The number of pyridine rings is 1. The molecule has 1 saturated carbocycles. The fraction of sp³-hybridized carbons (Fsp3) is 0.375. The van der Waals surface area contributed by atoms with Crippen molar-refractivity contribution in [2.75, 3.05) is 13.1 Å². The highest BCUT2D eigenvalue weighted by Crippen LogP contribution is 2.48. The fourth-order valence-corrected chi connectivity index (χ4v) is 3.84. The van der Waals surface area contributed by atoms with Crippen molar-refractivity contribution in [3.63, 3.8) is 0 Å². The Labute approximate surface area is 182 Å². The normalized spacial score (nSPS) is 15.0. The van der Waals surface area contributed by atoms with Gasteiger partial charge in [0.1, 0.15) is 5.82 Å². The van der Waals surface area contributed by atoms with Gasteiger partial charge in [-0.05, 0) is 62.9 Å². The lowest BCUT2D eigenvalue weighted by Crippen LogP contribution is -2.41. The smallest absolute Gasteiger partial charge is 0.191 e. The molecule has 162 valence electrons. The first-order chi connectivity index (χ1) is 15.0. The summed E-state index contributed by atoms with van der Waals surface area (Å²) in [6.45, 7) is 7.95. The summed E-state index contributed by atoms with van der Waals surface area (Å²) in [5.41, 5.74) is 3.70. The highest BCUT2D eigenvalue weighted by molar-refractivity contribution is 5.80. The molecule has 0 saturated heterocycles. The van der Waals surface area contributed by atoms with Crippen LogP contribution in [0.1, 0.15) is 42.3 Å². The van der Waals surface area contributed by atoms with Gasteiger partial charge in [0.15, 0.2) is 11.8 Å². The Hall–Kier alpha value is -3.22. The number of nitrogens with one attached hydrogen (secondary N) is 2. The third kappa shape index (κ3) is 4.76. The van der Waals surface area contributed by atoms with Crippen LogP contribution in [0.5, 0.6) is 0 Å². The summed E-state index contributed by atoms with van der Waals surface area (Å²) >= 11 is 0. The lowest BCUT2D eigenvalue weighted by atomic mass is 9.95. The first-order valence-electron chi connectivity index (χ1n) is 10.8. The van der Waals surface area contributed by atoms with Crippen molar-refractivity contribution in [2.45, 2.75) is 45.6 Å². The van der Waals surface area contributed by atoms with E-state index in [1.165, 1.54) is 6.07 Å². The van der Waals surface area contributed by atoms with E-state index < -0.39 is 0 Å². The first kappa shape index (κ1) is 21.0. The molecule has 3 aromatic rings. The molecule has 2 heterocycles. The summed E-state index contributed by atoms with van der Waals surface area (Å²) in [6, 6.07) is 13.1. The second kappa shape index (κ2) is 8.88. The largest absolute Gasteiger partial charge is 0.357 e. The SMILES string of the molecule is CCNC(=NCc1ccc(-n2nc(C)cc2C)nc1)NCC1(c2ccccc2F)CC1. The van der Waals surface area contributed by atoms with Crippen LogP contribution in [0, 0.1) is 19.7 Å². The van der Waals surface area contributed by atoms with E-state index in [4.69, 9.17) is 4.99 Å². The zero-order valence-electron chi connectivity index (χ0n) is 18.3. The molecule has 6 nitrogen and oxygen atoms in total. The van der Waals surface area contributed by atoms with Gasteiger partial charge in [-0.2, -0.15) is 5.10 Å². The summed E-state index contributed by atoms with van der Waals surface area (Å²) in [5.74, 6) is 1.40. The van der Waals surface area contributed by atoms with Crippen LogP contribution in [0.25, 0.3) is 5.82 Å². The molecule has 0 atom stereocenters. The summed E-state index contributed by atoms with van der Waals surface area (Å²) in [4.78, 5) is 9.23. The van der Waals surface area contributed by atoms with Crippen molar-refractivity contribution >= 4 is 5.96 Å². The Balaban J connectivity index is 1.41. The molecule has 0 spiro atoms. The third-order valence-electron chi connectivity index (χ3n) is 5.69. The molecule has 0 amide bonds. The molecule has 1 aromatic carbocycles. The number of hydrogen-bond acceptors (Lipinski definition) is 3. The van der Waals surface area contributed by atoms with Crippen molar-refractivity contribution in [1.82, 2.24) is 25.4 Å². The predicted molar refractivity (Wildman–Crippen MR) is 121 cm³/mol. The average Bonchev–Trinajstić information content (AvgIpc) is 3.48. The molecule has 0 radical (unpaired) electrons. The minimum absolute atomic E-state index is 0.127. The van der Waals surface area contributed by atoms with E-state index in [1.807, 2.05) is 62.0 Å². The van der Waals surface area contributed by atoms with E-state index >= 15 is 0 Å². The molecular weight excluding hydrogens is 391 g/mol. The Morgan fingerprint density at radius 3 is 2.58 bits per heavy atom. The van der Waals surface area contributed by atoms with Gasteiger partial charge < -0.3 is 10.6 Å². The molecule has 2 N–H and O–H groups in total. The second-order valence-electron chi connectivity index (χ2n) is 8.17. The van der Waals surface area contributed by atoms with Gasteiger partial charge in [0.2, 0.25) is 0 Å². The fourth-order valence-electron chi connectivity index (χ4n) is 3.84. The maximum Gasteiger partial charge on any atom is 0.191 e. The van der Waals surface area contributed by atoms with Gasteiger partial charge in [0.05, 0.1) is 12.2 Å². The van der Waals surface area contributed by atoms with Gasteiger partial charge >= 0.3 is 0 Å². The second-order valence-corrected chi connectivity index (χ2v) is 8.17. The predicted octanol–water partition coefficient (Wildman–Crippen LogP) is 3.81. The molecule has 31 heavy (non-hydrogen) atoms. The topological polar surface area (TPSA) is 67.1 Å². The molecule has 0 bridgehead atoms. The first-order valence-corrected chi connectivity index (χ1v) is 10.8. The lowest BCUT2D eigenvalue weighted by molar-refractivity contribution is 0.559. The standard InChI is InChI=1S/C24H29FN6/c1-4-26-23(29-16-24(11-12-24)20-7-5-6-8-21(20)25)28-15-19-9-10-22(27-14-19)31-18(3)13-17(2)30-31/h5-10,13-14H,4,11-12,15-16H2,1-3H3,(H2,26,28,29). The number of rotatable bonds is 7. The monoisotopic (exact) mass is 420 g/mol. The van der Waals surface area contributed by atoms with Crippen molar-refractivity contribution in [3.05, 3.63) is 77.0 Å². The van der Waals surface area contributed by atoms with Crippen LogP contribution in [0.3, 0.4) is 0 Å². The zero-order chi connectivity index (χ0) is 21.8.